The second-order valence-electron chi connectivity index (χ2n) is 5.82. The van der Waals surface area contributed by atoms with Gasteiger partial charge in [0.2, 0.25) is 5.91 Å². The van der Waals surface area contributed by atoms with Crippen LogP contribution in [0.15, 0.2) is 47.3 Å². The second kappa shape index (κ2) is 5.76. The normalized spacial score (nSPS) is 10.9. The van der Waals surface area contributed by atoms with Crippen molar-refractivity contribution >= 4 is 22.6 Å². The van der Waals surface area contributed by atoms with Gasteiger partial charge in [-0.05, 0) is 42.3 Å². The van der Waals surface area contributed by atoms with Gasteiger partial charge in [0.25, 0.3) is 0 Å². The molecule has 0 atom stereocenters. The highest BCUT2D eigenvalue weighted by Crippen LogP contribution is 2.15. The summed E-state index contributed by atoms with van der Waals surface area (Å²) in [5.74, 6) is -0.0733. The van der Waals surface area contributed by atoms with Gasteiger partial charge in [-0.2, -0.15) is 0 Å². The number of imidazole rings is 1. The Bertz CT molecular complexity index is 951. The van der Waals surface area contributed by atoms with E-state index in [9.17, 15) is 9.59 Å². The molecule has 23 heavy (non-hydrogen) atoms. The Hall–Kier alpha value is -2.82. The molecule has 1 aromatic heterocycles. The fourth-order valence-corrected chi connectivity index (χ4v) is 2.78. The van der Waals surface area contributed by atoms with E-state index in [-0.39, 0.29) is 18.0 Å². The number of anilines is 1. The predicted molar refractivity (Wildman–Crippen MR) is 91.7 cm³/mol. The van der Waals surface area contributed by atoms with Crippen molar-refractivity contribution in [1.82, 2.24) is 9.13 Å². The molecule has 0 bridgehead atoms. The largest absolute Gasteiger partial charge is 0.328 e. The van der Waals surface area contributed by atoms with E-state index in [1.165, 1.54) is 0 Å². The van der Waals surface area contributed by atoms with Crippen molar-refractivity contribution in [2.75, 3.05) is 5.32 Å². The minimum absolute atomic E-state index is 0.0682. The number of carbonyl (C=O) groups is 1. The Balaban J connectivity index is 1.82. The van der Waals surface area contributed by atoms with Crippen molar-refractivity contribution in [3.8, 4) is 0 Å². The number of nitrogens with zero attached hydrogens (tertiary/aromatic N) is 2. The molecule has 0 saturated heterocycles. The number of fused-ring (bicyclic) bond motifs is 1. The molecule has 118 valence electrons. The highest BCUT2D eigenvalue weighted by molar-refractivity contribution is 5.93. The van der Waals surface area contributed by atoms with Gasteiger partial charge in [-0.25, -0.2) is 4.79 Å². The molecule has 3 rings (SSSR count). The van der Waals surface area contributed by atoms with Crippen molar-refractivity contribution in [3.05, 3.63) is 64.1 Å². The Kier molecular flexibility index (Phi) is 3.78. The molecule has 5 nitrogen and oxygen atoms in total. The molecular weight excluding hydrogens is 290 g/mol. The third kappa shape index (κ3) is 2.90. The molecule has 2 aromatic carbocycles. The SMILES string of the molecule is Cc1cccc(NC(=O)Cc2ccc3c(c2)n(C)c(=O)n3C)c1. The van der Waals surface area contributed by atoms with E-state index < -0.39 is 0 Å². The zero-order valence-electron chi connectivity index (χ0n) is 13.5. The lowest BCUT2D eigenvalue weighted by atomic mass is 10.1. The average Bonchev–Trinajstić information content (AvgIpc) is 2.72. The van der Waals surface area contributed by atoms with Crippen LogP contribution < -0.4 is 11.0 Å². The van der Waals surface area contributed by atoms with Crippen molar-refractivity contribution in [2.45, 2.75) is 13.3 Å². The summed E-state index contributed by atoms with van der Waals surface area (Å²) in [6, 6.07) is 13.4. The van der Waals surface area contributed by atoms with Crippen molar-refractivity contribution in [1.29, 1.82) is 0 Å². The van der Waals surface area contributed by atoms with Crippen LogP contribution in [0.5, 0.6) is 0 Å². The van der Waals surface area contributed by atoms with E-state index >= 15 is 0 Å². The highest BCUT2D eigenvalue weighted by Gasteiger charge is 2.10. The van der Waals surface area contributed by atoms with Crippen LogP contribution in [0.2, 0.25) is 0 Å². The molecule has 0 aliphatic rings. The van der Waals surface area contributed by atoms with Gasteiger partial charge in [0.1, 0.15) is 0 Å². The topological polar surface area (TPSA) is 56.0 Å². The summed E-state index contributed by atoms with van der Waals surface area (Å²) < 4.78 is 3.20. The zero-order valence-corrected chi connectivity index (χ0v) is 13.5. The number of nitrogens with one attached hydrogen (secondary N) is 1. The molecule has 0 spiro atoms. The van der Waals surface area contributed by atoms with Crippen molar-refractivity contribution in [2.24, 2.45) is 14.1 Å². The molecule has 0 aliphatic heterocycles. The summed E-state index contributed by atoms with van der Waals surface area (Å²) in [5, 5.41) is 2.90. The lowest BCUT2D eigenvalue weighted by Crippen LogP contribution is -2.19. The Morgan fingerprint density at radius 2 is 1.78 bits per heavy atom. The van der Waals surface area contributed by atoms with Gasteiger partial charge in [0, 0.05) is 19.8 Å². The molecule has 1 N–H and O–H groups in total. The smallest absolute Gasteiger partial charge is 0.326 e. The fraction of sp³-hybridized carbons (Fsp3) is 0.222. The number of aromatic nitrogens is 2. The van der Waals surface area contributed by atoms with Gasteiger partial charge in [0.15, 0.2) is 0 Å². The van der Waals surface area contributed by atoms with Crippen LogP contribution in [0.25, 0.3) is 11.0 Å². The van der Waals surface area contributed by atoms with E-state index in [2.05, 4.69) is 5.32 Å². The van der Waals surface area contributed by atoms with E-state index in [1.807, 2.05) is 49.4 Å². The molecule has 0 radical (unpaired) electrons. The third-order valence-corrected chi connectivity index (χ3v) is 4.00. The molecule has 0 fully saturated rings. The first-order chi connectivity index (χ1) is 11.0. The first kappa shape index (κ1) is 15.1. The minimum atomic E-state index is -0.0733. The van der Waals surface area contributed by atoms with Crippen LogP contribution in [0.4, 0.5) is 5.69 Å². The van der Waals surface area contributed by atoms with Crippen LogP contribution in [0.3, 0.4) is 0 Å². The zero-order chi connectivity index (χ0) is 16.6. The molecule has 3 aromatic rings. The Morgan fingerprint density at radius 1 is 1.04 bits per heavy atom. The average molecular weight is 309 g/mol. The van der Waals surface area contributed by atoms with Crippen LogP contribution in [0.1, 0.15) is 11.1 Å². The molecule has 5 heteroatoms. The monoisotopic (exact) mass is 309 g/mol. The maximum absolute atomic E-state index is 12.2. The van der Waals surface area contributed by atoms with Crippen LogP contribution in [-0.2, 0) is 25.3 Å². The Labute approximate surface area is 134 Å². The molecule has 1 amide bonds. The van der Waals surface area contributed by atoms with E-state index in [1.54, 1.807) is 23.2 Å². The molecular formula is C18H19N3O2. The van der Waals surface area contributed by atoms with Gasteiger partial charge in [-0.1, -0.05) is 18.2 Å². The van der Waals surface area contributed by atoms with Gasteiger partial charge >= 0.3 is 5.69 Å². The van der Waals surface area contributed by atoms with Gasteiger partial charge in [0.05, 0.1) is 17.5 Å². The number of rotatable bonds is 3. The van der Waals surface area contributed by atoms with E-state index in [4.69, 9.17) is 0 Å². The number of carbonyl (C=O) groups excluding carboxylic acids is 1. The third-order valence-electron chi connectivity index (χ3n) is 4.00. The number of amides is 1. The molecule has 0 saturated carbocycles. The standard InChI is InChI=1S/C18H19N3O2/c1-12-5-4-6-14(9-12)19-17(22)11-13-7-8-15-16(10-13)21(3)18(23)20(15)2/h4-10H,11H2,1-3H3,(H,19,22). The second-order valence-corrected chi connectivity index (χ2v) is 5.82. The van der Waals surface area contributed by atoms with Gasteiger partial charge < -0.3 is 5.32 Å². The summed E-state index contributed by atoms with van der Waals surface area (Å²) >= 11 is 0. The van der Waals surface area contributed by atoms with Gasteiger partial charge in [-0.3, -0.25) is 13.9 Å². The summed E-state index contributed by atoms with van der Waals surface area (Å²) in [5.41, 5.74) is 4.40. The minimum Gasteiger partial charge on any atom is -0.326 e. The van der Waals surface area contributed by atoms with Gasteiger partial charge in [-0.15, -0.1) is 0 Å². The van der Waals surface area contributed by atoms with Crippen LogP contribution in [-0.4, -0.2) is 15.0 Å². The fourth-order valence-electron chi connectivity index (χ4n) is 2.78. The Morgan fingerprint density at radius 3 is 2.52 bits per heavy atom. The van der Waals surface area contributed by atoms with E-state index in [0.29, 0.717) is 0 Å². The summed E-state index contributed by atoms with van der Waals surface area (Å²) in [6.45, 7) is 1.99. The molecule has 0 aliphatic carbocycles. The quantitative estimate of drug-likeness (QED) is 0.807. The maximum atomic E-state index is 12.2. The lowest BCUT2D eigenvalue weighted by molar-refractivity contribution is -0.115. The highest BCUT2D eigenvalue weighted by atomic mass is 16.2. The van der Waals surface area contributed by atoms with Crippen molar-refractivity contribution < 1.29 is 4.79 Å². The maximum Gasteiger partial charge on any atom is 0.328 e. The predicted octanol–water partition coefficient (Wildman–Crippen LogP) is 2.37. The number of hydrogen-bond acceptors (Lipinski definition) is 2. The number of benzene rings is 2. The van der Waals surface area contributed by atoms with Crippen LogP contribution >= 0.6 is 0 Å². The summed E-state index contributed by atoms with van der Waals surface area (Å²) in [7, 11) is 3.48. The van der Waals surface area contributed by atoms with E-state index in [0.717, 1.165) is 27.8 Å². The van der Waals surface area contributed by atoms with Crippen LogP contribution in [0, 0.1) is 6.92 Å². The number of aryl methyl sites for hydroxylation is 3. The number of hydrogen-bond donors (Lipinski definition) is 1. The summed E-state index contributed by atoms with van der Waals surface area (Å²) in [4.78, 5) is 24.1. The first-order valence-electron chi connectivity index (χ1n) is 7.46. The first-order valence-corrected chi connectivity index (χ1v) is 7.46. The molecule has 1 heterocycles. The summed E-state index contributed by atoms with van der Waals surface area (Å²) in [6.07, 6.45) is 0.271. The lowest BCUT2D eigenvalue weighted by Gasteiger charge is -2.06. The molecule has 0 unspecified atom stereocenters. The van der Waals surface area contributed by atoms with Crippen molar-refractivity contribution in [3.63, 3.8) is 0 Å².